The van der Waals surface area contributed by atoms with E-state index in [2.05, 4.69) is 9.97 Å². The van der Waals surface area contributed by atoms with E-state index in [1.54, 1.807) is 14.0 Å². The number of hydrogen-bond donors (Lipinski definition) is 1. The average molecular weight is 191 g/mol. The third kappa shape index (κ3) is 3.02. The SMILES string of the molecule is COCc1nc(C)cc(=O)[nH]1.Cl. The number of aryl methyl sites for hydroxylation is 1. The van der Waals surface area contributed by atoms with Gasteiger partial charge >= 0.3 is 0 Å². The number of halogens is 1. The van der Waals surface area contributed by atoms with Crippen molar-refractivity contribution in [1.82, 2.24) is 9.97 Å². The molecule has 1 N–H and O–H groups in total. The first kappa shape index (κ1) is 11.1. The molecule has 0 radical (unpaired) electrons. The van der Waals surface area contributed by atoms with Gasteiger partial charge in [-0.3, -0.25) is 4.79 Å². The fourth-order valence-electron chi connectivity index (χ4n) is 0.846. The molecule has 0 saturated heterocycles. The third-order valence-electron chi connectivity index (χ3n) is 1.20. The summed E-state index contributed by atoms with van der Waals surface area (Å²) < 4.78 is 4.81. The molecule has 12 heavy (non-hydrogen) atoms. The van der Waals surface area contributed by atoms with Gasteiger partial charge in [-0.25, -0.2) is 4.98 Å². The van der Waals surface area contributed by atoms with Crippen molar-refractivity contribution in [2.24, 2.45) is 0 Å². The van der Waals surface area contributed by atoms with Gasteiger partial charge in [-0.05, 0) is 6.92 Å². The normalized spacial score (nSPS) is 9.17. The van der Waals surface area contributed by atoms with Crippen molar-refractivity contribution in [3.8, 4) is 0 Å². The highest BCUT2D eigenvalue weighted by Crippen LogP contribution is 1.90. The molecular formula is C7H11ClN2O2. The summed E-state index contributed by atoms with van der Waals surface area (Å²) in [6.07, 6.45) is 0. The summed E-state index contributed by atoms with van der Waals surface area (Å²) >= 11 is 0. The van der Waals surface area contributed by atoms with E-state index in [0.29, 0.717) is 18.1 Å². The van der Waals surface area contributed by atoms with Gasteiger partial charge in [-0.2, -0.15) is 0 Å². The van der Waals surface area contributed by atoms with Crippen molar-refractivity contribution in [3.05, 3.63) is 27.9 Å². The molecule has 0 aliphatic heterocycles. The molecule has 0 saturated carbocycles. The first-order chi connectivity index (χ1) is 5.22. The molecule has 1 rings (SSSR count). The smallest absolute Gasteiger partial charge is 0.251 e. The second kappa shape index (κ2) is 4.90. The Morgan fingerprint density at radius 2 is 2.33 bits per heavy atom. The summed E-state index contributed by atoms with van der Waals surface area (Å²) in [7, 11) is 1.56. The molecule has 0 atom stereocenters. The number of rotatable bonds is 2. The van der Waals surface area contributed by atoms with Crippen LogP contribution in [0.5, 0.6) is 0 Å². The van der Waals surface area contributed by atoms with Crippen LogP contribution in [0.2, 0.25) is 0 Å². The van der Waals surface area contributed by atoms with E-state index >= 15 is 0 Å². The van der Waals surface area contributed by atoms with Crippen LogP contribution in [0.4, 0.5) is 0 Å². The quantitative estimate of drug-likeness (QED) is 0.745. The standard InChI is InChI=1S/C7H10N2O2.ClH/c1-5-3-7(10)9-6(8-5)4-11-2;/h3H,4H2,1-2H3,(H,8,9,10);1H. The lowest BCUT2D eigenvalue weighted by Crippen LogP contribution is -2.11. The van der Waals surface area contributed by atoms with E-state index in [1.807, 2.05) is 0 Å². The Morgan fingerprint density at radius 1 is 1.67 bits per heavy atom. The molecule has 0 spiro atoms. The number of aromatic amines is 1. The highest BCUT2D eigenvalue weighted by atomic mass is 35.5. The summed E-state index contributed by atoms with van der Waals surface area (Å²) in [5.74, 6) is 0.567. The van der Waals surface area contributed by atoms with Crippen LogP contribution in [-0.2, 0) is 11.3 Å². The monoisotopic (exact) mass is 190 g/mol. The number of H-pyrrole nitrogens is 1. The Labute approximate surface area is 76.4 Å². The maximum atomic E-state index is 10.8. The Bertz CT molecular complexity index is 298. The van der Waals surface area contributed by atoms with Crippen LogP contribution in [0.25, 0.3) is 0 Å². The lowest BCUT2D eigenvalue weighted by atomic mass is 10.4. The van der Waals surface area contributed by atoms with Crippen LogP contribution >= 0.6 is 12.4 Å². The molecule has 0 bridgehead atoms. The molecule has 1 aromatic rings. The topological polar surface area (TPSA) is 55.0 Å². The summed E-state index contributed by atoms with van der Waals surface area (Å²) in [6, 6.07) is 1.44. The van der Waals surface area contributed by atoms with Crippen LogP contribution in [-0.4, -0.2) is 17.1 Å². The first-order valence-electron chi connectivity index (χ1n) is 3.28. The Kier molecular flexibility index (Phi) is 4.54. The van der Waals surface area contributed by atoms with Gasteiger partial charge in [0.25, 0.3) is 5.56 Å². The fraction of sp³-hybridized carbons (Fsp3) is 0.429. The molecule has 0 aromatic carbocycles. The van der Waals surface area contributed by atoms with Gasteiger partial charge in [0, 0.05) is 18.9 Å². The van der Waals surface area contributed by atoms with Gasteiger partial charge in [-0.15, -0.1) is 12.4 Å². The van der Waals surface area contributed by atoms with Crippen LogP contribution < -0.4 is 5.56 Å². The molecule has 0 amide bonds. The van der Waals surface area contributed by atoms with Crippen LogP contribution in [0, 0.1) is 6.92 Å². The van der Waals surface area contributed by atoms with Crippen molar-refractivity contribution < 1.29 is 4.74 Å². The number of methoxy groups -OCH3 is 1. The lowest BCUT2D eigenvalue weighted by molar-refractivity contribution is 0.177. The molecule has 68 valence electrons. The minimum Gasteiger partial charge on any atom is -0.377 e. The van der Waals surface area contributed by atoms with E-state index in [1.165, 1.54) is 6.07 Å². The maximum absolute atomic E-state index is 10.8. The second-order valence-corrected chi connectivity index (χ2v) is 2.27. The van der Waals surface area contributed by atoms with Gasteiger partial charge < -0.3 is 9.72 Å². The molecule has 0 fully saturated rings. The summed E-state index contributed by atoms with van der Waals surface area (Å²) in [5, 5.41) is 0. The average Bonchev–Trinajstić information content (AvgIpc) is 1.85. The number of aromatic nitrogens is 2. The summed E-state index contributed by atoms with van der Waals surface area (Å²) in [4.78, 5) is 17.4. The van der Waals surface area contributed by atoms with E-state index < -0.39 is 0 Å². The zero-order valence-electron chi connectivity index (χ0n) is 6.96. The highest BCUT2D eigenvalue weighted by Gasteiger charge is 1.95. The van der Waals surface area contributed by atoms with E-state index in [0.717, 1.165) is 0 Å². The van der Waals surface area contributed by atoms with Crippen LogP contribution in [0.1, 0.15) is 11.5 Å². The van der Waals surface area contributed by atoms with Crippen molar-refractivity contribution in [3.63, 3.8) is 0 Å². The van der Waals surface area contributed by atoms with Crippen molar-refractivity contribution in [1.29, 1.82) is 0 Å². The first-order valence-corrected chi connectivity index (χ1v) is 3.28. The molecular weight excluding hydrogens is 180 g/mol. The fourth-order valence-corrected chi connectivity index (χ4v) is 0.846. The maximum Gasteiger partial charge on any atom is 0.251 e. The number of nitrogens with zero attached hydrogens (tertiary/aromatic N) is 1. The number of nitrogens with one attached hydrogen (secondary N) is 1. The predicted molar refractivity (Wildman–Crippen MR) is 47.6 cm³/mol. The highest BCUT2D eigenvalue weighted by molar-refractivity contribution is 5.85. The van der Waals surface area contributed by atoms with Crippen molar-refractivity contribution in [2.75, 3.05) is 7.11 Å². The molecule has 1 aromatic heterocycles. The Morgan fingerprint density at radius 3 is 2.83 bits per heavy atom. The Balaban J connectivity index is 0.00000121. The van der Waals surface area contributed by atoms with Gasteiger partial charge in [0.15, 0.2) is 0 Å². The number of hydrogen-bond acceptors (Lipinski definition) is 3. The molecule has 0 unspecified atom stereocenters. The minimum absolute atomic E-state index is 0. The molecule has 4 nitrogen and oxygen atoms in total. The predicted octanol–water partition coefficient (Wildman–Crippen LogP) is 0.647. The van der Waals surface area contributed by atoms with Crippen LogP contribution in [0.3, 0.4) is 0 Å². The molecule has 1 heterocycles. The van der Waals surface area contributed by atoms with Gasteiger partial charge in [-0.1, -0.05) is 0 Å². The molecule has 5 heteroatoms. The van der Waals surface area contributed by atoms with Gasteiger partial charge in [0.05, 0.1) is 0 Å². The second-order valence-electron chi connectivity index (χ2n) is 2.27. The largest absolute Gasteiger partial charge is 0.377 e. The van der Waals surface area contributed by atoms with Gasteiger partial charge in [0.1, 0.15) is 12.4 Å². The van der Waals surface area contributed by atoms with Gasteiger partial charge in [0.2, 0.25) is 0 Å². The zero-order valence-corrected chi connectivity index (χ0v) is 7.77. The molecule has 0 aliphatic carbocycles. The number of ether oxygens (including phenoxy) is 1. The third-order valence-corrected chi connectivity index (χ3v) is 1.20. The lowest BCUT2D eigenvalue weighted by Gasteiger charge is -1.98. The summed E-state index contributed by atoms with van der Waals surface area (Å²) in [5.41, 5.74) is 0.574. The van der Waals surface area contributed by atoms with E-state index in [9.17, 15) is 4.79 Å². The van der Waals surface area contributed by atoms with E-state index in [4.69, 9.17) is 4.74 Å². The zero-order chi connectivity index (χ0) is 8.27. The van der Waals surface area contributed by atoms with Crippen molar-refractivity contribution >= 4 is 12.4 Å². The minimum atomic E-state index is -0.135. The van der Waals surface area contributed by atoms with Crippen molar-refractivity contribution in [2.45, 2.75) is 13.5 Å². The van der Waals surface area contributed by atoms with Crippen LogP contribution in [0.15, 0.2) is 10.9 Å². The summed E-state index contributed by atoms with van der Waals surface area (Å²) in [6.45, 7) is 2.12. The Hall–Kier alpha value is -0.870. The van der Waals surface area contributed by atoms with E-state index in [-0.39, 0.29) is 18.0 Å². The molecule has 0 aliphatic rings.